The summed E-state index contributed by atoms with van der Waals surface area (Å²) < 4.78 is 0. The van der Waals surface area contributed by atoms with Gasteiger partial charge >= 0.3 is 0 Å². The molecule has 0 N–H and O–H groups in total. The Morgan fingerprint density at radius 2 is 1.40 bits per heavy atom. The minimum Gasteiger partial charge on any atom is -0.350 e. The van der Waals surface area contributed by atoms with Gasteiger partial charge in [-0.05, 0) is 29.8 Å². The van der Waals surface area contributed by atoms with Crippen LogP contribution in [0.4, 0.5) is 5.69 Å². The second-order valence-electron chi connectivity index (χ2n) is 6.08. The van der Waals surface area contributed by atoms with E-state index >= 15 is 0 Å². The minimum atomic E-state index is 0.447. The van der Waals surface area contributed by atoms with E-state index in [1.165, 1.54) is 21.7 Å². The number of benzene rings is 3. The van der Waals surface area contributed by atoms with Gasteiger partial charge in [0.1, 0.15) is 5.37 Å². The quantitative estimate of drug-likeness (QED) is 0.341. The smallest absolute Gasteiger partial charge is 0.267 e. The fourth-order valence-corrected chi connectivity index (χ4v) is 6.07. The van der Waals surface area contributed by atoms with E-state index in [0.29, 0.717) is 5.37 Å². The Morgan fingerprint density at radius 3 is 2.08 bits per heavy atom. The van der Waals surface area contributed by atoms with Gasteiger partial charge in [-0.2, -0.15) is 0 Å². The Hall–Kier alpha value is -2.10. The monoisotopic (exact) mass is 362 g/mol. The average Bonchev–Trinajstić information content (AvgIpc) is 3.18. The lowest BCUT2D eigenvalue weighted by atomic mass is 10.1. The molecule has 124 valence electrons. The van der Waals surface area contributed by atoms with Gasteiger partial charge in [-0.25, -0.2) is 0 Å². The highest BCUT2D eigenvalue weighted by Gasteiger charge is 2.36. The summed E-state index contributed by atoms with van der Waals surface area (Å²) in [7, 11) is 3.90. The largest absolute Gasteiger partial charge is 0.350 e. The predicted octanol–water partition coefficient (Wildman–Crippen LogP) is 5.37. The Labute approximate surface area is 157 Å². The maximum Gasteiger partial charge on any atom is 0.267 e. The van der Waals surface area contributed by atoms with Crippen molar-refractivity contribution in [1.82, 2.24) is 0 Å². The van der Waals surface area contributed by atoms with Crippen LogP contribution < -0.4 is 4.90 Å². The number of nitrogens with zero attached hydrogens (tertiary/aromatic N) is 1. The molecular weight excluding hydrogens is 342 g/mol. The van der Waals surface area contributed by atoms with E-state index in [9.17, 15) is 0 Å². The van der Waals surface area contributed by atoms with Crippen LogP contribution in [-0.2, 0) is 16.9 Å². The van der Waals surface area contributed by atoms with Crippen LogP contribution in [0.1, 0.15) is 17.5 Å². The molecule has 4 rings (SSSR count). The zero-order valence-electron chi connectivity index (χ0n) is 13.9. The number of para-hydroxylation sites is 1. The topological polar surface area (TPSA) is 3.24 Å². The molecule has 25 heavy (non-hydrogen) atoms. The third kappa shape index (κ3) is 3.94. The maximum atomic E-state index is 2.53. The zero-order valence-corrected chi connectivity index (χ0v) is 15.5. The molecule has 1 atom stereocenters. The van der Waals surface area contributed by atoms with E-state index in [1.807, 2.05) is 21.2 Å². The van der Waals surface area contributed by atoms with Gasteiger partial charge in [0.15, 0.2) is 0 Å². The molecule has 3 aromatic carbocycles. The van der Waals surface area contributed by atoms with Crippen LogP contribution in [0.2, 0.25) is 0 Å². The molecule has 3 aromatic rings. The van der Waals surface area contributed by atoms with Gasteiger partial charge in [0.05, 0.1) is 6.42 Å². The summed E-state index contributed by atoms with van der Waals surface area (Å²) in [6, 6.07) is 32.3. The Balaban J connectivity index is 1.57. The summed E-state index contributed by atoms with van der Waals surface area (Å²) in [4.78, 5) is 4.01. The lowest BCUT2D eigenvalue weighted by Crippen LogP contribution is -2.32. The highest BCUT2D eigenvalue weighted by atomic mass is 33.1. The van der Waals surface area contributed by atoms with E-state index in [0.717, 1.165) is 13.0 Å². The van der Waals surface area contributed by atoms with Gasteiger partial charge in [-0.15, -0.1) is 0 Å². The van der Waals surface area contributed by atoms with Crippen LogP contribution in [0.5, 0.6) is 0 Å². The zero-order chi connectivity index (χ0) is 16.9. The third-order valence-electron chi connectivity index (χ3n) is 4.35. The number of rotatable bonds is 5. The van der Waals surface area contributed by atoms with Gasteiger partial charge in [0, 0.05) is 17.8 Å². The van der Waals surface area contributed by atoms with Gasteiger partial charge in [0.25, 0.3) is 10.4 Å². The van der Waals surface area contributed by atoms with Crippen molar-refractivity contribution in [3.8, 4) is 0 Å². The summed E-state index contributed by atoms with van der Waals surface area (Å²) in [6.07, 6.45) is 1.08. The van der Waals surface area contributed by atoms with Crippen LogP contribution in [-0.4, -0.2) is 10.2 Å². The van der Waals surface area contributed by atoms with E-state index < -0.39 is 0 Å². The van der Waals surface area contributed by atoms with Crippen LogP contribution in [0, 0.1) is 0 Å². The molecule has 1 aliphatic rings. The van der Waals surface area contributed by atoms with Crippen LogP contribution >= 0.6 is 10.8 Å². The van der Waals surface area contributed by atoms with Crippen molar-refractivity contribution < 1.29 is 0 Å². The van der Waals surface area contributed by atoms with E-state index in [1.54, 1.807) is 0 Å². The molecule has 0 fully saturated rings. The molecule has 0 saturated carbocycles. The first-order valence-corrected chi connectivity index (χ1v) is 10.7. The Kier molecular flexibility index (Phi) is 5.14. The molecule has 0 radical (unpaired) electrons. The fraction of sp³-hybridized carbons (Fsp3) is 0.136. The Bertz CT molecular complexity index is 832. The van der Waals surface area contributed by atoms with Crippen molar-refractivity contribution in [1.29, 1.82) is 0 Å². The van der Waals surface area contributed by atoms with Crippen molar-refractivity contribution in [2.24, 2.45) is 0 Å². The van der Waals surface area contributed by atoms with Crippen molar-refractivity contribution in [2.45, 2.75) is 18.3 Å². The first-order valence-electron chi connectivity index (χ1n) is 8.50. The Morgan fingerprint density at radius 1 is 0.800 bits per heavy atom. The molecule has 0 aliphatic carbocycles. The molecule has 1 nitrogen and oxygen atoms in total. The maximum absolute atomic E-state index is 2.53. The molecule has 1 unspecified atom stereocenters. The normalized spacial score (nSPS) is 16.5. The summed E-state index contributed by atoms with van der Waals surface area (Å²) in [6.45, 7) is 0.936. The number of hydrogen-bond donors (Lipinski definition) is 0. The molecule has 0 spiro atoms. The second kappa shape index (κ2) is 7.85. The molecule has 0 aromatic heterocycles. The van der Waals surface area contributed by atoms with Crippen LogP contribution in [0.3, 0.4) is 0 Å². The standard InChI is InChI=1S/C22H20NS2/c1-4-10-18(11-5-1)17-23(20-14-8-3-9-15-20)22-16-21(24-25-22)19-12-6-2-7-13-19/h1-15,22H,16-17H2/q+1. The highest BCUT2D eigenvalue weighted by molar-refractivity contribution is 8.66. The van der Waals surface area contributed by atoms with Gasteiger partial charge < -0.3 is 4.90 Å². The SMILES string of the molecule is c1ccc(CN(c2ccccc2)C2CC(c3ccccc3)=[S+]S2)cc1. The summed E-state index contributed by atoms with van der Waals surface area (Å²) in [5, 5.41) is 0.447. The minimum absolute atomic E-state index is 0.447. The third-order valence-corrected chi connectivity index (χ3v) is 7.25. The molecule has 0 bridgehead atoms. The lowest BCUT2D eigenvalue weighted by Gasteiger charge is -2.28. The number of hydrogen-bond acceptors (Lipinski definition) is 2. The van der Waals surface area contributed by atoms with E-state index in [-0.39, 0.29) is 0 Å². The van der Waals surface area contributed by atoms with E-state index in [2.05, 4.69) is 95.9 Å². The van der Waals surface area contributed by atoms with E-state index in [4.69, 9.17) is 0 Å². The first kappa shape index (κ1) is 16.4. The molecule has 1 aliphatic heterocycles. The lowest BCUT2D eigenvalue weighted by molar-refractivity contribution is 0.771. The van der Waals surface area contributed by atoms with Gasteiger partial charge in [-0.3, -0.25) is 0 Å². The van der Waals surface area contributed by atoms with Crippen molar-refractivity contribution in [3.05, 3.63) is 102 Å². The predicted molar refractivity (Wildman–Crippen MR) is 113 cm³/mol. The van der Waals surface area contributed by atoms with Crippen molar-refractivity contribution >= 4 is 31.7 Å². The highest BCUT2D eigenvalue weighted by Crippen LogP contribution is 2.33. The summed E-state index contributed by atoms with van der Waals surface area (Å²) >= 11 is 0. The summed E-state index contributed by atoms with van der Waals surface area (Å²) in [5.41, 5.74) is 4.00. The average molecular weight is 363 g/mol. The summed E-state index contributed by atoms with van der Waals surface area (Å²) in [5.74, 6) is 0. The van der Waals surface area contributed by atoms with Gasteiger partial charge in [-0.1, -0.05) is 66.7 Å². The molecule has 0 amide bonds. The number of anilines is 1. The van der Waals surface area contributed by atoms with Crippen LogP contribution in [0.15, 0.2) is 91.0 Å². The molecule has 3 heteroatoms. The van der Waals surface area contributed by atoms with Gasteiger partial charge in [0.2, 0.25) is 15.7 Å². The molecular formula is C22H20NS2+. The fourth-order valence-electron chi connectivity index (χ4n) is 3.05. The van der Waals surface area contributed by atoms with Crippen molar-refractivity contribution in [3.63, 3.8) is 0 Å². The second-order valence-corrected chi connectivity index (χ2v) is 8.55. The molecule has 0 saturated heterocycles. The first-order chi connectivity index (χ1) is 12.4. The van der Waals surface area contributed by atoms with Crippen molar-refractivity contribution in [2.75, 3.05) is 4.90 Å². The van der Waals surface area contributed by atoms with Crippen LogP contribution in [0.25, 0.3) is 0 Å². The molecule has 1 heterocycles.